The average Bonchev–Trinajstić information content (AvgIpc) is 2.95. The Morgan fingerprint density at radius 1 is 1.43 bits per heavy atom. The number of rotatable bonds is 6. The smallest absolute Gasteiger partial charge is 0.272 e. The van der Waals surface area contributed by atoms with Gasteiger partial charge in [0.15, 0.2) is 6.61 Å². The molecule has 2 aromatic rings. The van der Waals surface area contributed by atoms with Crippen molar-refractivity contribution in [3.05, 3.63) is 58.0 Å². The molecule has 0 bridgehead atoms. The maximum atomic E-state index is 11.6. The summed E-state index contributed by atoms with van der Waals surface area (Å²) in [5.74, 6) is 0.753. The summed E-state index contributed by atoms with van der Waals surface area (Å²) in [6, 6.07) is 7.83. The van der Waals surface area contributed by atoms with Crippen molar-refractivity contribution in [3.63, 3.8) is 0 Å². The molecule has 7 nitrogen and oxygen atoms in total. The van der Waals surface area contributed by atoms with Crippen molar-refractivity contribution in [2.75, 3.05) is 6.61 Å². The highest BCUT2D eigenvalue weighted by molar-refractivity contribution is 5.77. The number of amides is 1. The third-order valence-corrected chi connectivity index (χ3v) is 2.77. The lowest BCUT2D eigenvalue weighted by molar-refractivity contribution is -0.385. The molecular formula is C14H14N2O5. The molecule has 2 rings (SSSR count). The molecule has 0 spiro atoms. The molecule has 21 heavy (non-hydrogen) atoms. The molecule has 0 saturated carbocycles. The van der Waals surface area contributed by atoms with E-state index in [-0.39, 0.29) is 24.7 Å². The first kappa shape index (κ1) is 14.6. The molecule has 0 radical (unpaired) electrons. The lowest BCUT2D eigenvalue weighted by Gasteiger charge is -2.07. The van der Waals surface area contributed by atoms with Crippen molar-refractivity contribution in [1.29, 1.82) is 0 Å². The van der Waals surface area contributed by atoms with Crippen LogP contribution < -0.4 is 10.1 Å². The molecule has 1 aromatic heterocycles. The van der Waals surface area contributed by atoms with Crippen LogP contribution in [0.5, 0.6) is 5.75 Å². The van der Waals surface area contributed by atoms with Gasteiger partial charge in [-0.2, -0.15) is 0 Å². The van der Waals surface area contributed by atoms with Crippen LogP contribution in [0, 0.1) is 17.0 Å². The summed E-state index contributed by atoms with van der Waals surface area (Å²) in [4.78, 5) is 21.8. The fourth-order valence-corrected chi connectivity index (χ4v) is 1.72. The fraction of sp³-hybridized carbons (Fsp3) is 0.214. The van der Waals surface area contributed by atoms with Crippen LogP contribution in [0.2, 0.25) is 0 Å². The number of hydrogen-bond donors (Lipinski definition) is 1. The third kappa shape index (κ3) is 4.07. The second-order valence-corrected chi connectivity index (χ2v) is 4.35. The molecule has 0 aliphatic rings. The second-order valence-electron chi connectivity index (χ2n) is 4.35. The van der Waals surface area contributed by atoms with Crippen LogP contribution in [0.4, 0.5) is 5.69 Å². The van der Waals surface area contributed by atoms with E-state index >= 15 is 0 Å². The number of nitrogens with one attached hydrogen (secondary N) is 1. The molecule has 0 aliphatic heterocycles. The monoisotopic (exact) mass is 290 g/mol. The molecule has 0 aliphatic carbocycles. The zero-order valence-electron chi connectivity index (χ0n) is 11.4. The summed E-state index contributed by atoms with van der Waals surface area (Å²) in [7, 11) is 0. The van der Waals surface area contributed by atoms with Gasteiger partial charge in [-0.25, -0.2) is 0 Å². The third-order valence-electron chi connectivity index (χ3n) is 2.77. The molecule has 0 saturated heterocycles. The molecule has 0 atom stereocenters. The van der Waals surface area contributed by atoms with Gasteiger partial charge >= 0.3 is 0 Å². The van der Waals surface area contributed by atoms with E-state index in [4.69, 9.17) is 9.15 Å². The van der Waals surface area contributed by atoms with E-state index in [0.29, 0.717) is 17.1 Å². The minimum Gasteiger partial charge on any atom is -0.484 e. The molecule has 0 fully saturated rings. The van der Waals surface area contributed by atoms with Gasteiger partial charge in [0.05, 0.1) is 17.7 Å². The number of hydrogen-bond acceptors (Lipinski definition) is 5. The number of nitro groups is 1. The number of nitro benzene ring substituents is 1. The first-order chi connectivity index (χ1) is 10.1. The van der Waals surface area contributed by atoms with Gasteiger partial charge < -0.3 is 14.5 Å². The van der Waals surface area contributed by atoms with Gasteiger partial charge in [-0.05, 0) is 31.2 Å². The second kappa shape index (κ2) is 6.56. The zero-order valence-corrected chi connectivity index (χ0v) is 11.4. The Labute approximate surface area is 120 Å². The lowest BCUT2D eigenvalue weighted by Crippen LogP contribution is -2.28. The number of aryl methyl sites for hydroxylation is 1. The van der Waals surface area contributed by atoms with Gasteiger partial charge in [0.2, 0.25) is 0 Å². The minimum atomic E-state index is -0.463. The zero-order chi connectivity index (χ0) is 15.2. The summed E-state index contributed by atoms with van der Waals surface area (Å²) in [5.41, 5.74) is 0.498. The van der Waals surface area contributed by atoms with E-state index < -0.39 is 4.92 Å². The topological polar surface area (TPSA) is 94.6 Å². The highest BCUT2D eigenvalue weighted by Gasteiger charge is 2.11. The molecule has 1 aromatic carbocycles. The Balaban J connectivity index is 1.83. The summed E-state index contributed by atoms with van der Waals surface area (Å²) in [6.07, 6.45) is 1.53. The van der Waals surface area contributed by atoms with Crippen LogP contribution >= 0.6 is 0 Å². The SMILES string of the molecule is Cc1cc(OCC(=O)NCc2ccco2)ccc1[N+](=O)[O-]. The first-order valence-electron chi connectivity index (χ1n) is 6.23. The fourth-order valence-electron chi connectivity index (χ4n) is 1.72. The van der Waals surface area contributed by atoms with Crippen molar-refractivity contribution in [2.24, 2.45) is 0 Å². The van der Waals surface area contributed by atoms with Gasteiger partial charge in [0, 0.05) is 11.6 Å². The van der Waals surface area contributed by atoms with Gasteiger partial charge in [-0.3, -0.25) is 14.9 Å². The van der Waals surface area contributed by atoms with Crippen LogP contribution in [-0.2, 0) is 11.3 Å². The molecule has 1 amide bonds. The molecular weight excluding hydrogens is 276 g/mol. The Morgan fingerprint density at radius 3 is 2.86 bits per heavy atom. The Morgan fingerprint density at radius 2 is 2.24 bits per heavy atom. The quantitative estimate of drug-likeness (QED) is 0.650. The number of carbonyl (C=O) groups is 1. The van der Waals surface area contributed by atoms with E-state index in [1.54, 1.807) is 19.1 Å². The predicted octanol–water partition coefficient (Wildman–Crippen LogP) is 2.19. The van der Waals surface area contributed by atoms with Gasteiger partial charge in [-0.15, -0.1) is 0 Å². The minimum absolute atomic E-state index is 0.0182. The van der Waals surface area contributed by atoms with Crippen LogP contribution in [-0.4, -0.2) is 17.4 Å². The van der Waals surface area contributed by atoms with Crippen molar-refractivity contribution in [1.82, 2.24) is 5.32 Å². The number of carbonyl (C=O) groups excluding carboxylic acids is 1. The van der Waals surface area contributed by atoms with Crippen molar-refractivity contribution >= 4 is 11.6 Å². The summed E-state index contributed by atoms with van der Waals surface area (Å²) >= 11 is 0. The van der Waals surface area contributed by atoms with Crippen molar-refractivity contribution < 1.29 is 18.9 Å². The predicted molar refractivity (Wildman–Crippen MR) is 73.9 cm³/mol. The van der Waals surface area contributed by atoms with E-state index in [1.807, 2.05) is 0 Å². The van der Waals surface area contributed by atoms with Crippen LogP contribution in [0.3, 0.4) is 0 Å². The van der Waals surface area contributed by atoms with Gasteiger partial charge in [0.1, 0.15) is 11.5 Å². The Bertz CT molecular complexity index is 637. The van der Waals surface area contributed by atoms with E-state index in [9.17, 15) is 14.9 Å². The summed E-state index contributed by atoms with van der Waals surface area (Å²) in [5, 5.41) is 13.3. The number of ether oxygens (including phenoxy) is 1. The number of furan rings is 1. The van der Waals surface area contributed by atoms with Crippen LogP contribution in [0.1, 0.15) is 11.3 Å². The Hall–Kier alpha value is -2.83. The first-order valence-corrected chi connectivity index (χ1v) is 6.23. The molecule has 0 unspecified atom stereocenters. The van der Waals surface area contributed by atoms with Crippen molar-refractivity contribution in [3.8, 4) is 5.75 Å². The maximum Gasteiger partial charge on any atom is 0.272 e. The van der Waals surface area contributed by atoms with E-state index in [1.165, 1.54) is 24.5 Å². The van der Waals surface area contributed by atoms with Crippen molar-refractivity contribution in [2.45, 2.75) is 13.5 Å². The summed E-state index contributed by atoms with van der Waals surface area (Å²) in [6.45, 7) is 1.73. The lowest BCUT2D eigenvalue weighted by atomic mass is 10.2. The van der Waals surface area contributed by atoms with Gasteiger partial charge in [-0.1, -0.05) is 0 Å². The standard InChI is InChI=1S/C14H14N2O5/c1-10-7-11(4-5-13(10)16(18)19)21-9-14(17)15-8-12-3-2-6-20-12/h2-7H,8-9H2,1H3,(H,15,17). The highest BCUT2D eigenvalue weighted by atomic mass is 16.6. The summed E-state index contributed by atoms with van der Waals surface area (Å²) < 4.78 is 10.4. The maximum absolute atomic E-state index is 11.6. The normalized spacial score (nSPS) is 10.1. The number of benzene rings is 1. The van der Waals surface area contributed by atoms with Crippen LogP contribution in [0.25, 0.3) is 0 Å². The van der Waals surface area contributed by atoms with E-state index in [0.717, 1.165) is 0 Å². The molecule has 1 heterocycles. The molecule has 1 N–H and O–H groups in total. The van der Waals surface area contributed by atoms with E-state index in [2.05, 4.69) is 5.32 Å². The number of nitrogens with zero attached hydrogens (tertiary/aromatic N) is 1. The molecule has 7 heteroatoms. The molecule has 110 valence electrons. The highest BCUT2D eigenvalue weighted by Crippen LogP contribution is 2.22. The largest absolute Gasteiger partial charge is 0.484 e. The van der Waals surface area contributed by atoms with Gasteiger partial charge in [0.25, 0.3) is 11.6 Å². The Kier molecular flexibility index (Phi) is 4.55. The average molecular weight is 290 g/mol. The van der Waals surface area contributed by atoms with Crippen LogP contribution in [0.15, 0.2) is 41.0 Å².